The van der Waals surface area contributed by atoms with Gasteiger partial charge in [-0.05, 0) is 48.0 Å². The van der Waals surface area contributed by atoms with Crippen molar-refractivity contribution in [2.75, 3.05) is 7.11 Å². The lowest BCUT2D eigenvalue weighted by Crippen LogP contribution is -2.20. The number of methoxy groups -OCH3 is 1. The summed E-state index contributed by atoms with van der Waals surface area (Å²) in [6.45, 7) is 0.271. The number of ether oxygens (including phenoxy) is 1. The molecular formula is C28H21Cl2N3O3. The number of nitrogens with one attached hydrogen (secondary N) is 1. The van der Waals surface area contributed by atoms with E-state index in [4.69, 9.17) is 27.9 Å². The number of aromatic hydroxyl groups is 1. The molecule has 0 fully saturated rings. The average Bonchev–Trinajstić information content (AvgIpc) is 3.22. The number of aromatic nitrogens is 2. The number of amides is 1. The lowest BCUT2D eigenvalue weighted by molar-refractivity contribution is -0.116. The monoisotopic (exact) mass is 517 g/mol. The number of hydrogen-bond donors (Lipinski definition) is 2. The first kappa shape index (κ1) is 23.7. The molecule has 5 aromatic rings. The molecule has 1 amide bonds. The Hall–Kier alpha value is -4.00. The summed E-state index contributed by atoms with van der Waals surface area (Å²) in [4.78, 5) is 17.0. The van der Waals surface area contributed by atoms with Crippen LogP contribution in [-0.2, 0) is 11.3 Å². The standard InChI is InChI=1S/C28H21Cl2N3O3/c1-36-27-14-19(8-10-26(27)34)33-24-5-3-2-4-20(24)21-13-18(31-16-25(21)33)15-32-28(35)11-7-17-6-9-22(29)23(30)12-17/h2-14,16,34H,15H2,1H3,(H,32,35)/b11-7+. The molecular weight excluding hydrogens is 497 g/mol. The van der Waals surface area contributed by atoms with Gasteiger partial charge >= 0.3 is 0 Å². The van der Waals surface area contributed by atoms with Gasteiger partial charge in [-0.3, -0.25) is 9.78 Å². The summed E-state index contributed by atoms with van der Waals surface area (Å²) in [7, 11) is 1.52. The minimum absolute atomic E-state index is 0.0754. The van der Waals surface area contributed by atoms with E-state index in [1.807, 2.05) is 36.4 Å². The lowest BCUT2D eigenvalue weighted by Gasteiger charge is -2.10. The van der Waals surface area contributed by atoms with Crippen molar-refractivity contribution in [2.24, 2.45) is 0 Å². The highest BCUT2D eigenvalue weighted by atomic mass is 35.5. The molecule has 0 saturated heterocycles. The topological polar surface area (TPSA) is 76.4 Å². The van der Waals surface area contributed by atoms with Crippen molar-refractivity contribution in [1.82, 2.24) is 14.9 Å². The molecule has 2 N–H and O–H groups in total. The van der Waals surface area contributed by atoms with E-state index in [0.29, 0.717) is 15.8 Å². The van der Waals surface area contributed by atoms with Gasteiger partial charge in [0.1, 0.15) is 0 Å². The molecule has 0 aliphatic heterocycles. The molecule has 36 heavy (non-hydrogen) atoms. The first-order valence-corrected chi connectivity index (χ1v) is 11.9. The Labute approximate surface area is 217 Å². The summed E-state index contributed by atoms with van der Waals surface area (Å²) in [6, 6.07) is 20.4. The SMILES string of the molecule is COc1cc(-n2c3ccccc3c3cc(CNC(=O)/C=C/c4ccc(Cl)c(Cl)c4)ncc32)ccc1O. The Morgan fingerprint density at radius 2 is 1.86 bits per heavy atom. The maximum Gasteiger partial charge on any atom is 0.244 e. The van der Waals surface area contributed by atoms with Crippen molar-refractivity contribution in [2.45, 2.75) is 6.54 Å². The molecule has 8 heteroatoms. The van der Waals surface area contributed by atoms with Crippen LogP contribution in [0.2, 0.25) is 10.0 Å². The third-order valence-electron chi connectivity index (χ3n) is 5.85. The van der Waals surface area contributed by atoms with Gasteiger partial charge in [-0.1, -0.05) is 47.5 Å². The molecule has 0 unspecified atom stereocenters. The normalized spacial score (nSPS) is 11.4. The number of fused-ring (bicyclic) bond motifs is 3. The van der Waals surface area contributed by atoms with Crippen LogP contribution in [0.5, 0.6) is 11.5 Å². The fourth-order valence-corrected chi connectivity index (χ4v) is 4.42. The third-order valence-corrected chi connectivity index (χ3v) is 6.59. The van der Waals surface area contributed by atoms with Crippen molar-refractivity contribution < 1.29 is 14.6 Å². The molecule has 0 radical (unpaired) electrons. The van der Waals surface area contributed by atoms with Crippen LogP contribution in [0, 0.1) is 0 Å². The zero-order chi connectivity index (χ0) is 25.2. The Morgan fingerprint density at radius 1 is 1.03 bits per heavy atom. The van der Waals surface area contributed by atoms with Crippen LogP contribution in [0.15, 0.2) is 79.0 Å². The number of carbonyl (C=O) groups excluding carboxylic acids is 1. The Morgan fingerprint density at radius 3 is 2.67 bits per heavy atom. The number of nitrogens with zero attached hydrogens (tertiary/aromatic N) is 2. The highest BCUT2D eigenvalue weighted by molar-refractivity contribution is 6.42. The van der Waals surface area contributed by atoms with Crippen LogP contribution in [0.4, 0.5) is 0 Å². The highest BCUT2D eigenvalue weighted by Crippen LogP contribution is 2.35. The molecule has 3 aromatic carbocycles. The van der Waals surface area contributed by atoms with Crippen molar-refractivity contribution in [3.8, 4) is 17.2 Å². The van der Waals surface area contributed by atoms with Gasteiger partial charge in [-0.25, -0.2) is 0 Å². The second kappa shape index (κ2) is 9.93. The zero-order valence-electron chi connectivity index (χ0n) is 19.2. The van der Waals surface area contributed by atoms with Gasteiger partial charge in [0, 0.05) is 22.9 Å². The number of rotatable bonds is 6. The van der Waals surface area contributed by atoms with Gasteiger partial charge in [0.05, 0.1) is 52.3 Å². The molecule has 2 aromatic heterocycles. The van der Waals surface area contributed by atoms with Gasteiger partial charge in [-0.2, -0.15) is 0 Å². The van der Waals surface area contributed by atoms with E-state index in [0.717, 1.165) is 38.8 Å². The largest absolute Gasteiger partial charge is 0.504 e. The Bertz CT molecular complexity index is 1640. The van der Waals surface area contributed by atoms with E-state index in [9.17, 15) is 9.90 Å². The number of para-hydroxylation sites is 1. The van der Waals surface area contributed by atoms with Gasteiger partial charge in [-0.15, -0.1) is 0 Å². The number of pyridine rings is 1. The van der Waals surface area contributed by atoms with E-state index >= 15 is 0 Å². The van der Waals surface area contributed by atoms with Crippen molar-refractivity contribution in [3.63, 3.8) is 0 Å². The summed E-state index contributed by atoms with van der Waals surface area (Å²) >= 11 is 12.0. The molecule has 0 atom stereocenters. The second-order valence-corrected chi connectivity index (χ2v) is 8.94. The number of halogens is 2. The predicted molar refractivity (Wildman–Crippen MR) is 144 cm³/mol. The van der Waals surface area contributed by atoms with Gasteiger partial charge in [0.2, 0.25) is 5.91 Å². The Kier molecular flexibility index (Phi) is 6.55. The first-order valence-electron chi connectivity index (χ1n) is 11.1. The molecule has 180 valence electrons. The zero-order valence-corrected chi connectivity index (χ0v) is 20.7. The number of benzene rings is 3. The summed E-state index contributed by atoms with van der Waals surface area (Å²) in [5.74, 6) is 0.215. The van der Waals surface area contributed by atoms with Crippen LogP contribution in [0.25, 0.3) is 33.6 Å². The van der Waals surface area contributed by atoms with Gasteiger partial charge in [0.15, 0.2) is 11.5 Å². The van der Waals surface area contributed by atoms with Gasteiger partial charge in [0.25, 0.3) is 0 Å². The van der Waals surface area contributed by atoms with E-state index in [1.165, 1.54) is 13.2 Å². The van der Waals surface area contributed by atoms with Crippen LogP contribution >= 0.6 is 23.2 Å². The highest BCUT2D eigenvalue weighted by Gasteiger charge is 2.15. The summed E-state index contributed by atoms with van der Waals surface area (Å²) in [5, 5.41) is 15.8. The molecule has 5 rings (SSSR count). The van der Waals surface area contributed by atoms with Crippen molar-refractivity contribution >= 4 is 57.0 Å². The number of hydrogen-bond acceptors (Lipinski definition) is 4. The minimum Gasteiger partial charge on any atom is -0.504 e. The summed E-state index contributed by atoms with van der Waals surface area (Å²) < 4.78 is 7.37. The number of phenolic OH excluding ortho intramolecular Hbond substituents is 1. The second-order valence-electron chi connectivity index (χ2n) is 8.13. The quantitative estimate of drug-likeness (QED) is 0.251. The van der Waals surface area contributed by atoms with Crippen LogP contribution in [-0.4, -0.2) is 27.7 Å². The number of phenols is 1. The van der Waals surface area contributed by atoms with Crippen LogP contribution in [0.1, 0.15) is 11.3 Å². The molecule has 0 bridgehead atoms. The average molecular weight is 518 g/mol. The van der Waals surface area contributed by atoms with E-state index < -0.39 is 0 Å². The van der Waals surface area contributed by atoms with Crippen LogP contribution < -0.4 is 10.1 Å². The smallest absolute Gasteiger partial charge is 0.244 e. The minimum atomic E-state index is -0.249. The molecule has 0 spiro atoms. The van der Waals surface area contributed by atoms with E-state index in [1.54, 1.807) is 42.6 Å². The lowest BCUT2D eigenvalue weighted by atomic mass is 10.1. The summed E-state index contributed by atoms with van der Waals surface area (Å²) in [5.41, 5.74) is 4.24. The van der Waals surface area contributed by atoms with E-state index in [2.05, 4.69) is 14.9 Å². The molecule has 0 saturated carbocycles. The fraction of sp³-hybridized carbons (Fsp3) is 0.0714. The van der Waals surface area contributed by atoms with Gasteiger partial charge < -0.3 is 19.7 Å². The van der Waals surface area contributed by atoms with Crippen LogP contribution in [0.3, 0.4) is 0 Å². The summed E-state index contributed by atoms with van der Waals surface area (Å²) in [6.07, 6.45) is 4.91. The Balaban J connectivity index is 1.43. The fourth-order valence-electron chi connectivity index (χ4n) is 4.12. The van der Waals surface area contributed by atoms with Crippen molar-refractivity contribution in [3.05, 3.63) is 100 Å². The van der Waals surface area contributed by atoms with Crippen molar-refractivity contribution in [1.29, 1.82) is 0 Å². The van der Waals surface area contributed by atoms with E-state index in [-0.39, 0.29) is 18.2 Å². The maximum absolute atomic E-state index is 12.4. The number of carbonyl (C=O) groups is 1. The third kappa shape index (κ3) is 4.61. The molecule has 6 nitrogen and oxygen atoms in total. The predicted octanol–water partition coefficient (Wildman–Crippen LogP) is 6.53. The first-order chi connectivity index (χ1) is 17.4. The maximum atomic E-state index is 12.4. The molecule has 2 heterocycles. The molecule has 0 aliphatic carbocycles. The molecule has 0 aliphatic rings.